The molecule has 2 aromatic carbocycles. The number of hydrogen-bond donors (Lipinski definition) is 2. The van der Waals surface area contributed by atoms with Gasteiger partial charge in [0.05, 0.1) is 10.2 Å². The van der Waals surface area contributed by atoms with E-state index in [0.717, 1.165) is 21.3 Å². The summed E-state index contributed by atoms with van der Waals surface area (Å²) in [6.45, 7) is 0.770. The van der Waals surface area contributed by atoms with Gasteiger partial charge < -0.3 is 15.0 Å². The van der Waals surface area contributed by atoms with Crippen LogP contribution in [0.15, 0.2) is 59.4 Å². The van der Waals surface area contributed by atoms with Crippen LogP contribution in [0.2, 0.25) is 0 Å². The van der Waals surface area contributed by atoms with Crippen LogP contribution < -0.4 is 10.2 Å². The minimum atomic E-state index is -0.421. The summed E-state index contributed by atoms with van der Waals surface area (Å²) in [5.41, 5.74) is 2.84. The van der Waals surface area contributed by atoms with E-state index in [4.69, 9.17) is 4.74 Å². The molecule has 0 bridgehead atoms. The number of H-pyrrole nitrogens is 1. The standard InChI is InChI=1S/C19H18N2O3S/c22-18(24-13-15-7-2-1-3-8-15)20-11-5-4-6-14-9-10-16-17(12-14)25-19(23)21-16/h1-4,6-10,12H,5,11,13H2,(H,20,22)(H,21,23). The third-order valence-electron chi connectivity index (χ3n) is 3.55. The van der Waals surface area contributed by atoms with Crippen molar-refractivity contribution in [3.63, 3.8) is 0 Å². The SMILES string of the molecule is O=C(NCCC=Cc1ccc2[nH]c(=O)sc2c1)OCc1ccccc1. The number of benzene rings is 2. The van der Waals surface area contributed by atoms with Crippen molar-refractivity contribution in [3.8, 4) is 0 Å². The van der Waals surface area contributed by atoms with Crippen molar-refractivity contribution in [2.75, 3.05) is 6.54 Å². The molecule has 0 radical (unpaired) electrons. The van der Waals surface area contributed by atoms with Crippen molar-refractivity contribution in [3.05, 3.63) is 75.4 Å². The molecule has 0 aliphatic heterocycles. The predicted molar refractivity (Wildman–Crippen MR) is 101 cm³/mol. The second kappa shape index (κ2) is 8.30. The number of alkyl carbamates (subject to hydrolysis) is 1. The molecule has 0 aliphatic rings. The van der Waals surface area contributed by atoms with Gasteiger partial charge in [-0.3, -0.25) is 4.79 Å². The zero-order valence-electron chi connectivity index (χ0n) is 13.5. The number of aromatic amines is 1. The molecule has 5 nitrogen and oxygen atoms in total. The lowest BCUT2D eigenvalue weighted by molar-refractivity contribution is 0.140. The molecule has 128 valence electrons. The highest BCUT2D eigenvalue weighted by atomic mass is 32.1. The van der Waals surface area contributed by atoms with Crippen LogP contribution in [0.5, 0.6) is 0 Å². The van der Waals surface area contributed by atoms with E-state index in [1.165, 1.54) is 11.3 Å². The third-order valence-corrected chi connectivity index (χ3v) is 4.39. The minimum Gasteiger partial charge on any atom is -0.445 e. The molecular weight excluding hydrogens is 336 g/mol. The van der Waals surface area contributed by atoms with E-state index in [2.05, 4.69) is 10.3 Å². The van der Waals surface area contributed by atoms with Gasteiger partial charge in [-0.2, -0.15) is 0 Å². The van der Waals surface area contributed by atoms with Gasteiger partial charge in [-0.05, 0) is 29.7 Å². The summed E-state index contributed by atoms with van der Waals surface area (Å²) in [6.07, 6.45) is 4.23. The van der Waals surface area contributed by atoms with Crippen molar-refractivity contribution in [2.45, 2.75) is 13.0 Å². The highest BCUT2D eigenvalue weighted by molar-refractivity contribution is 7.16. The largest absolute Gasteiger partial charge is 0.445 e. The molecule has 0 aliphatic carbocycles. The van der Waals surface area contributed by atoms with Crippen LogP contribution in [0.1, 0.15) is 17.5 Å². The smallest absolute Gasteiger partial charge is 0.407 e. The first-order valence-corrected chi connectivity index (χ1v) is 8.76. The Labute approximate surface area is 149 Å². The lowest BCUT2D eigenvalue weighted by Gasteiger charge is -2.05. The summed E-state index contributed by atoms with van der Waals surface area (Å²) in [5.74, 6) is 0. The Morgan fingerprint density at radius 1 is 1.20 bits per heavy atom. The van der Waals surface area contributed by atoms with Crippen LogP contribution in [-0.2, 0) is 11.3 Å². The van der Waals surface area contributed by atoms with E-state index in [9.17, 15) is 9.59 Å². The molecule has 6 heteroatoms. The van der Waals surface area contributed by atoms with Crippen LogP contribution >= 0.6 is 11.3 Å². The van der Waals surface area contributed by atoms with Crippen LogP contribution in [0.25, 0.3) is 16.3 Å². The summed E-state index contributed by atoms with van der Waals surface area (Å²) in [7, 11) is 0. The van der Waals surface area contributed by atoms with E-state index in [-0.39, 0.29) is 11.5 Å². The van der Waals surface area contributed by atoms with Gasteiger partial charge in [0.1, 0.15) is 6.61 Å². The highest BCUT2D eigenvalue weighted by Gasteiger charge is 2.01. The summed E-state index contributed by atoms with van der Waals surface area (Å²) >= 11 is 1.20. The fourth-order valence-electron chi connectivity index (χ4n) is 2.32. The first kappa shape index (κ1) is 17.0. The maximum atomic E-state index is 11.6. The maximum Gasteiger partial charge on any atom is 0.407 e. The first-order valence-electron chi connectivity index (χ1n) is 7.95. The van der Waals surface area contributed by atoms with E-state index in [1.54, 1.807) is 0 Å². The van der Waals surface area contributed by atoms with Crippen molar-refractivity contribution >= 4 is 33.7 Å². The number of carbonyl (C=O) groups excluding carboxylic acids is 1. The summed E-state index contributed by atoms with van der Waals surface area (Å²) < 4.78 is 6.08. The summed E-state index contributed by atoms with van der Waals surface area (Å²) in [4.78, 5) is 25.6. The molecule has 3 aromatic rings. The van der Waals surface area contributed by atoms with Gasteiger partial charge in [-0.25, -0.2) is 4.79 Å². The number of rotatable bonds is 6. The van der Waals surface area contributed by atoms with Gasteiger partial charge in [0.2, 0.25) is 0 Å². The van der Waals surface area contributed by atoms with Gasteiger partial charge in [0, 0.05) is 6.54 Å². The minimum absolute atomic E-state index is 0.0469. The maximum absolute atomic E-state index is 11.6. The number of ether oxygens (including phenoxy) is 1. The average molecular weight is 354 g/mol. The lowest BCUT2D eigenvalue weighted by Crippen LogP contribution is -2.24. The van der Waals surface area contributed by atoms with Crippen LogP contribution in [0, 0.1) is 0 Å². The topological polar surface area (TPSA) is 71.2 Å². The molecule has 0 spiro atoms. The molecule has 1 heterocycles. The number of amides is 1. The van der Waals surface area contributed by atoms with Gasteiger partial charge in [-0.1, -0.05) is 59.9 Å². The molecule has 0 atom stereocenters. The molecule has 25 heavy (non-hydrogen) atoms. The average Bonchev–Trinajstić information content (AvgIpc) is 3.00. The molecule has 1 aromatic heterocycles. The van der Waals surface area contributed by atoms with Crippen LogP contribution in [-0.4, -0.2) is 17.6 Å². The highest BCUT2D eigenvalue weighted by Crippen LogP contribution is 2.17. The molecule has 0 fully saturated rings. The van der Waals surface area contributed by atoms with Gasteiger partial charge >= 0.3 is 11.0 Å². The molecule has 0 saturated carbocycles. The number of aromatic nitrogens is 1. The zero-order chi connectivity index (χ0) is 17.5. The monoisotopic (exact) mass is 354 g/mol. The van der Waals surface area contributed by atoms with Crippen molar-refractivity contribution in [1.82, 2.24) is 10.3 Å². The van der Waals surface area contributed by atoms with Crippen LogP contribution in [0.4, 0.5) is 4.79 Å². The Hall–Kier alpha value is -2.86. The Morgan fingerprint density at radius 3 is 2.88 bits per heavy atom. The number of nitrogens with one attached hydrogen (secondary N) is 2. The number of fused-ring (bicyclic) bond motifs is 1. The second-order valence-electron chi connectivity index (χ2n) is 5.45. The number of carbonyl (C=O) groups is 1. The molecule has 1 amide bonds. The Morgan fingerprint density at radius 2 is 2.04 bits per heavy atom. The fourth-order valence-corrected chi connectivity index (χ4v) is 3.10. The summed E-state index contributed by atoms with van der Waals surface area (Å²) in [5, 5.41) is 2.72. The van der Waals surface area contributed by atoms with Crippen molar-refractivity contribution in [1.29, 1.82) is 0 Å². The molecular formula is C19H18N2O3S. The number of thiazole rings is 1. The van der Waals surface area contributed by atoms with E-state index in [1.807, 2.05) is 60.7 Å². The Balaban J connectivity index is 1.40. The predicted octanol–water partition coefficient (Wildman–Crippen LogP) is 3.92. The van der Waals surface area contributed by atoms with E-state index >= 15 is 0 Å². The fraction of sp³-hybridized carbons (Fsp3) is 0.158. The molecule has 2 N–H and O–H groups in total. The molecule has 0 unspecified atom stereocenters. The Bertz CT molecular complexity index is 928. The lowest BCUT2D eigenvalue weighted by atomic mass is 10.2. The Kier molecular flexibility index (Phi) is 5.64. The van der Waals surface area contributed by atoms with Gasteiger partial charge in [-0.15, -0.1) is 0 Å². The number of hydrogen-bond acceptors (Lipinski definition) is 4. The van der Waals surface area contributed by atoms with Crippen molar-refractivity contribution < 1.29 is 9.53 Å². The summed E-state index contributed by atoms with van der Waals surface area (Å²) in [6, 6.07) is 15.4. The van der Waals surface area contributed by atoms with E-state index < -0.39 is 6.09 Å². The first-order chi connectivity index (χ1) is 12.2. The van der Waals surface area contributed by atoms with Crippen molar-refractivity contribution in [2.24, 2.45) is 0 Å². The third kappa shape index (κ3) is 5.06. The van der Waals surface area contributed by atoms with Crippen LogP contribution in [0.3, 0.4) is 0 Å². The zero-order valence-corrected chi connectivity index (χ0v) is 14.3. The van der Waals surface area contributed by atoms with E-state index in [0.29, 0.717) is 13.0 Å². The van der Waals surface area contributed by atoms with Gasteiger partial charge in [0.25, 0.3) is 0 Å². The second-order valence-corrected chi connectivity index (χ2v) is 6.46. The molecule has 0 saturated heterocycles. The normalized spacial score (nSPS) is 11.0. The van der Waals surface area contributed by atoms with Gasteiger partial charge in [0.15, 0.2) is 0 Å². The molecule has 3 rings (SSSR count). The quantitative estimate of drug-likeness (QED) is 0.659.